The molecule has 36 heavy (non-hydrogen) atoms. The van der Waals surface area contributed by atoms with Gasteiger partial charge in [-0.1, -0.05) is 37.3 Å². The first-order chi connectivity index (χ1) is 17.4. The smallest absolute Gasteiger partial charge is 0.163 e. The van der Waals surface area contributed by atoms with Crippen LogP contribution in [0.15, 0.2) is 55.1 Å². The summed E-state index contributed by atoms with van der Waals surface area (Å²) in [6.45, 7) is 3.50. The van der Waals surface area contributed by atoms with Gasteiger partial charge in [0.1, 0.15) is 24.3 Å². The van der Waals surface area contributed by atoms with Crippen LogP contribution in [0.1, 0.15) is 35.8 Å². The van der Waals surface area contributed by atoms with Crippen LogP contribution in [0, 0.1) is 23.5 Å². The number of piperidine rings is 1. The van der Waals surface area contributed by atoms with E-state index in [1.54, 1.807) is 24.8 Å². The SMILES string of the molecule is CC[C@@H]1NC[C@H](c2ccccc2)S(=O)(=O)C1Cc1cc(F)c(N2C[C@@H]3C(n4cnnc4)[C@@H]3C2)cc1F. The Kier molecular flexibility index (Phi) is 5.83. The van der Waals surface area contributed by atoms with E-state index in [4.69, 9.17) is 0 Å². The van der Waals surface area contributed by atoms with E-state index in [1.807, 2.05) is 34.6 Å². The zero-order valence-corrected chi connectivity index (χ0v) is 20.8. The largest absolute Gasteiger partial charge is 0.368 e. The molecule has 6 rings (SSSR count). The Hall–Kier alpha value is -2.85. The molecule has 7 nitrogen and oxygen atoms in total. The predicted octanol–water partition coefficient (Wildman–Crippen LogP) is 3.31. The third kappa shape index (κ3) is 3.91. The van der Waals surface area contributed by atoms with Gasteiger partial charge in [-0.05, 0) is 30.0 Å². The summed E-state index contributed by atoms with van der Waals surface area (Å²) in [7, 11) is -3.64. The first-order valence-corrected chi connectivity index (χ1v) is 14.1. The molecule has 1 N–H and O–H groups in total. The maximum Gasteiger partial charge on any atom is 0.163 e. The second-order valence-corrected chi connectivity index (χ2v) is 12.5. The molecule has 3 fully saturated rings. The van der Waals surface area contributed by atoms with E-state index in [-0.39, 0.29) is 23.7 Å². The Morgan fingerprint density at radius 3 is 2.39 bits per heavy atom. The number of halogens is 2. The lowest BCUT2D eigenvalue weighted by Crippen LogP contribution is -2.54. The summed E-state index contributed by atoms with van der Waals surface area (Å²) < 4.78 is 59.9. The van der Waals surface area contributed by atoms with E-state index in [0.29, 0.717) is 49.5 Å². The van der Waals surface area contributed by atoms with Crippen molar-refractivity contribution in [2.24, 2.45) is 11.8 Å². The second kappa shape index (κ2) is 8.92. The van der Waals surface area contributed by atoms with Crippen molar-refractivity contribution in [3.8, 4) is 0 Å². The molecule has 0 spiro atoms. The lowest BCUT2D eigenvalue weighted by atomic mass is 10.0. The van der Waals surface area contributed by atoms with Crippen LogP contribution in [0.25, 0.3) is 0 Å². The Morgan fingerprint density at radius 2 is 1.72 bits per heavy atom. The van der Waals surface area contributed by atoms with Gasteiger partial charge in [0.15, 0.2) is 9.84 Å². The van der Waals surface area contributed by atoms with Crippen LogP contribution in [0.4, 0.5) is 14.5 Å². The highest BCUT2D eigenvalue weighted by Gasteiger charge is 2.57. The Balaban J connectivity index is 1.22. The van der Waals surface area contributed by atoms with Crippen molar-refractivity contribution < 1.29 is 17.2 Å². The molecule has 2 saturated heterocycles. The van der Waals surface area contributed by atoms with E-state index >= 15 is 8.78 Å². The Bertz CT molecular complexity index is 1340. The van der Waals surface area contributed by atoms with Crippen molar-refractivity contribution in [1.82, 2.24) is 20.1 Å². The number of anilines is 1. The molecule has 190 valence electrons. The van der Waals surface area contributed by atoms with Gasteiger partial charge >= 0.3 is 0 Å². The van der Waals surface area contributed by atoms with Crippen LogP contribution in [-0.4, -0.2) is 54.1 Å². The van der Waals surface area contributed by atoms with Crippen LogP contribution < -0.4 is 10.2 Å². The summed E-state index contributed by atoms with van der Waals surface area (Å²) in [6, 6.07) is 11.5. The summed E-state index contributed by atoms with van der Waals surface area (Å²) in [5.41, 5.74) is 1.05. The minimum atomic E-state index is -3.64. The third-order valence-electron chi connectivity index (χ3n) is 8.25. The molecule has 1 saturated carbocycles. The molecule has 0 amide bonds. The monoisotopic (exact) mass is 513 g/mol. The van der Waals surface area contributed by atoms with Crippen LogP contribution >= 0.6 is 0 Å². The highest BCUT2D eigenvalue weighted by atomic mass is 32.2. The lowest BCUT2D eigenvalue weighted by molar-refractivity contribution is 0.418. The van der Waals surface area contributed by atoms with Crippen LogP contribution in [0.5, 0.6) is 0 Å². The molecule has 3 aliphatic rings. The fraction of sp³-hybridized carbons (Fsp3) is 0.462. The van der Waals surface area contributed by atoms with Crippen LogP contribution in [0.2, 0.25) is 0 Å². The normalized spacial score (nSPS) is 30.8. The maximum absolute atomic E-state index is 15.3. The summed E-state index contributed by atoms with van der Waals surface area (Å²) in [6.07, 6.45) is 3.91. The van der Waals surface area contributed by atoms with Gasteiger partial charge in [0.2, 0.25) is 0 Å². The first-order valence-electron chi connectivity index (χ1n) is 12.5. The zero-order valence-electron chi connectivity index (χ0n) is 20.0. The number of hydrogen-bond acceptors (Lipinski definition) is 6. The molecule has 10 heteroatoms. The number of rotatable bonds is 6. The second-order valence-electron chi connectivity index (χ2n) is 10.2. The maximum atomic E-state index is 15.3. The van der Waals surface area contributed by atoms with Crippen molar-refractivity contribution in [2.45, 2.75) is 42.3 Å². The molecule has 3 heterocycles. The quantitative estimate of drug-likeness (QED) is 0.545. The summed E-state index contributed by atoms with van der Waals surface area (Å²) in [5, 5.41) is 9.50. The minimum absolute atomic E-state index is 0.0683. The molecule has 0 radical (unpaired) electrons. The molecule has 1 aliphatic carbocycles. The van der Waals surface area contributed by atoms with Crippen molar-refractivity contribution in [3.63, 3.8) is 0 Å². The third-order valence-corrected chi connectivity index (χ3v) is 10.8. The minimum Gasteiger partial charge on any atom is -0.368 e. The van der Waals surface area contributed by atoms with Gasteiger partial charge < -0.3 is 14.8 Å². The molecular formula is C26H29F2N5O2S. The van der Waals surface area contributed by atoms with E-state index < -0.39 is 32.0 Å². The average molecular weight is 514 g/mol. The van der Waals surface area contributed by atoms with Crippen molar-refractivity contribution in [2.75, 3.05) is 24.5 Å². The fourth-order valence-electron chi connectivity index (χ4n) is 6.28. The van der Waals surface area contributed by atoms with Gasteiger partial charge in [-0.3, -0.25) is 0 Å². The van der Waals surface area contributed by atoms with Gasteiger partial charge in [0.25, 0.3) is 0 Å². The van der Waals surface area contributed by atoms with Gasteiger partial charge in [0, 0.05) is 49.6 Å². The van der Waals surface area contributed by atoms with Crippen molar-refractivity contribution in [1.29, 1.82) is 0 Å². The molecule has 2 unspecified atom stereocenters. The standard InChI is InChI=1S/C26H29F2N5O2S/c1-2-22-24(36(34,35)25(11-29-22)16-6-4-3-5-7-16)9-17-8-21(28)23(10-20(17)27)32-12-18-19(13-32)26(18)33-14-30-31-15-33/h3-8,10,14-15,18-19,22,24-26,29H,2,9,11-13H2,1H3/t18-,19+,22-,24?,25+,26?/m0/s1. The Labute approximate surface area is 209 Å². The summed E-state index contributed by atoms with van der Waals surface area (Å²) >= 11 is 0. The van der Waals surface area contributed by atoms with Crippen molar-refractivity contribution in [3.05, 3.63) is 77.9 Å². The zero-order chi connectivity index (χ0) is 25.0. The van der Waals surface area contributed by atoms with Gasteiger partial charge in [-0.25, -0.2) is 17.2 Å². The molecule has 6 atom stereocenters. The number of fused-ring (bicyclic) bond motifs is 1. The first kappa shape index (κ1) is 23.5. The highest BCUT2D eigenvalue weighted by Crippen LogP contribution is 2.56. The molecule has 2 aliphatic heterocycles. The number of benzene rings is 2. The topological polar surface area (TPSA) is 80.1 Å². The van der Waals surface area contributed by atoms with Gasteiger partial charge in [0.05, 0.1) is 16.2 Å². The highest BCUT2D eigenvalue weighted by molar-refractivity contribution is 7.92. The lowest BCUT2D eigenvalue weighted by Gasteiger charge is -2.37. The predicted molar refractivity (Wildman–Crippen MR) is 132 cm³/mol. The Morgan fingerprint density at radius 1 is 1.03 bits per heavy atom. The molecule has 2 aromatic carbocycles. The van der Waals surface area contributed by atoms with E-state index in [2.05, 4.69) is 15.5 Å². The summed E-state index contributed by atoms with van der Waals surface area (Å²) in [4.78, 5) is 1.89. The van der Waals surface area contributed by atoms with Gasteiger partial charge in [-0.15, -0.1) is 10.2 Å². The van der Waals surface area contributed by atoms with E-state index in [1.165, 1.54) is 12.1 Å². The average Bonchev–Trinajstić information content (AvgIpc) is 3.24. The molecule has 0 bridgehead atoms. The van der Waals surface area contributed by atoms with Crippen LogP contribution in [0.3, 0.4) is 0 Å². The number of nitrogens with one attached hydrogen (secondary N) is 1. The molecule has 1 aromatic heterocycles. The molecule has 3 aromatic rings. The number of hydrogen-bond donors (Lipinski definition) is 1. The molecular weight excluding hydrogens is 484 g/mol. The van der Waals surface area contributed by atoms with Crippen LogP contribution in [-0.2, 0) is 16.3 Å². The number of sulfone groups is 1. The van der Waals surface area contributed by atoms with Gasteiger partial charge in [-0.2, -0.15) is 0 Å². The number of nitrogens with zero attached hydrogens (tertiary/aromatic N) is 4. The van der Waals surface area contributed by atoms with E-state index in [0.717, 1.165) is 0 Å². The number of aromatic nitrogens is 3. The van der Waals surface area contributed by atoms with E-state index in [9.17, 15) is 8.42 Å². The summed E-state index contributed by atoms with van der Waals surface area (Å²) in [5.74, 6) is -0.347. The van der Waals surface area contributed by atoms with Crippen molar-refractivity contribution >= 4 is 15.5 Å². The fourth-order valence-corrected chi connectivity index (χ4v) is 8.72.